The predicted octanol–water partition coefficient (Wildman–Crippen LogP) is 0.793. The fraction of sp³-hybridized carbons (Fsp3) is 0.588. The van der Waals surface area contributed by atoms with Crippen LogP contribution in [-0.4, -0.2) is 40.3 Å². The Morgan fingerprint density at radius 3 is 3.05 bits per heavy atom. The van der Waals surface area contributed by atoms with E-state index in [1.165, 1.54) is 0 Å². The SMILES string of the molecule is O=C1CC[C@@]2(O)[C@H]3Cc4ccc(O)c5c4[C@@]2(CCCN3)C1O5. The van der Waals surface area contributed by atoms with E-state index in [4.69, 9.17) is 4.74 Å². The largest absolute Gasteiger partial charge is 0.504 e. The number of Topliss-reactive ketones (excluding diaryl/α,β-unsaturated/α-hetero) is 1. The number of hydrogen-bond acceptors (Lipinski definition) is 5. The lowest BCUT2D eigenvalue weighted by Gasteiger charge is -2.55. The zero-order valence-corrected chi connectivity index (χ0v) is 12.3. The fourth-order valence-corrected chi connectivity index (χ4v) is 5.42. The number of aromatic hydroxyl groups is 1. The van der Waals surface area contributed by atoms with E-state index in [0.29, 0.717) is 31.4 Å². The summed E-state index contributed by atoms with van der Waals surface area (Å²) < 4.78 is 5.96. The third kappa shape index (κ3) is 1.19. The molecular weight excluding hydrogens is 282 g/mol. The van der Waals surface area contributed by atoms with Crippen molar-refractivity contribution in [3.05, 3.63) is 23.3 Å². The molecule has 22 heavy (non-hydrogen) atoms. The number of rotatable bonds is 0. The van der Waals surface area contributed by atoms with E-state index in [2.05, 4.69) is 5.32 Å². The van der Waals surface area contributed by atoms with Gasteiger partial charge in [-0.15, -0.1) is 0 Å². The Morgan fingerprint density at radius 1 is 1.32 bits per heavy atom. The highest BCUT2D eigenvalue weighted by Crippen LogP contribution is 2.63. The summed E-state index contributed by atoms with van der Waals surface area (Å²) in [5.74, 6) is 0.554. The molecule has 3 N–H and O–H groups in total. The Labute approximate surface area is 128 Å². The number of phenolic OH excluding ortho intramolecular Hbond substituents is 1. The summed E-state index contributed by atoms with van der Waals surface area (Å²) in [4.78, 5) is 12.5. The average molecular weight is 301 g/mol. The highest BCUT2D eigenvalue weighted by molar-refractivity contribution is 5.89. The van der Waals surface area contributed by atoms with Gasteiger partial charge >= 0.3 is 0 Å². The minimum absolute atomic E-state index is 0.0498. The second kappa shape index (κ2) is 3.84. The van der Waals surface area contributed by atoms with Gasteiger partial charge in [-0.1, -0.05) is 6.07 Å². The first-order chi connectivity index (χ1) is 10.6. The number of carbonyl (C=O) groups is 1. The van der Waals surface area contributed by atoms with Crippen LogP contribution in [0.1, 0.15) is 36.8 Å². The van der Waals surface area contributed by atoms with Gasteiger partial charge in [-0.3, -0.25) is 4.79 Å². The Bertz CT molecular complexity index is 702. The van der Waals surface area contributed by atoms with E-state index in [1.54, 1.807) is 6.07 Å². The predicted molar refractivity (Wildman–Crippen MR) is 78.1 cm³/mol. The number of hydrogen-bond donors (Lipinski definition) is 3. The number of ketones is 1. The van der Waals surface area contributed by atoms with Crippen LogP contribution >= 0.6 is 0 Å². The van der Waals surface area contributed by atoms with Crippen molar-refractivity contribution in [1.29, 1.82) is 0 Å². The third-order valence-corrected chi connectivity index (χ3v) is 6.31. The smallest absolute Gasteiger partial charge is 0.174 e. The maximum atomic E-state index is 12.5. The van der Waals surface area contributed by atoms with Crippen molar-refractivity contribution >= 4 is 5.78 Å². The first-order valence-electron chi connectivity index (χ1n) is 8.08. The van der Waals surface area contributed by atoms with Crippen LogP contribution < -0.4 is 10.1 Å². The van der Waals surface area contributed by atoms with Crippen LogP contribution in [0.3, 0.4) is 0 Å². The Balaban J connectivity index is 1.88. The molecule has 1 saturated heterocycles. The first-order valence-corrected chi connectivity index (χ1v) is 8.08. The molecule has 5 heteroatoms. The Hall–Kier alpha value is -1.59. The minimum atomic E-state index is -0.978. The van der Waals surface area contributed by atoms with Gasteiger partial charge < -0.3 is 20.3 Å². The van der Waals surface area contributed by atoms with Gasteiger partial charge in [0, 0.05) is 18.0 Å². The van der Waals surface area contributed by atoms with Gasteiger partial charge in [0.1, 0.15) is 0 Å². The van der Waals surface area contributed by atoms with Gasteiger partial charge in [0.25, 0.3) is 0 Å². The molecular formula is C17H19NO4. The number of benzene rings is 1. The Kier molecular flexibility index (Phi) is 2.25. The van der Waals surface area contributed by atoms with Gasteiger partial charge in [-0.2, -0.15) is 0 Å². The molecule has 2 aliphatic carbocycles. The summed E-state index contributed by atoms with van der Waals surface area (Å²) in [5, 5.41) is 25.3. The summed E-state index contributed by atoms with van der Waals surface area (Å²) >= 11 is 0. The van der Waals surface area contributed by atoms with Crippen molar-refractivity contribution in [2.24, 2.45) is 0 Å². The van der Waals surface area contributed by atoms with Crippen LogP contribution in [0.2, 0.25) is 0 Å². The molecule has 4 aliphatic rings. The zero-order valence-electron chi connectivity index (χ0n) is 12.3. The number of aliphatic hydroxyl groups is 1. The number of nitrogens with one attached hydrogen (secondary N) is 1. The molecule has 1 aromatic carbocycles. The summed E-state index contributed by atoms with van der Waals surface area (Å²) in [7, 11) is 0. The molecule has 116 valence electrons. The zero-order chi connectivity index (χ0) is 15.1. The molecule has 1 spiro atoms. The summed E-state index contributed by atoms with van der Waals surface area (Å²) in [5.41, 5.74) is 0.314. The first kappa shape index (κ1) is 12.9. The van der Waals surface area contributed by atoms with Crippen molar-refractivity contribution in [3.8, 4) is 11.5 Å². The van der Waals surface area contributed by atoms with Gasteiger partial charge in [-0.05, 0) is 43.9 Å². The van der Waals surface area contributed by atoms with E-state index in [1.807, 2.05) is 6.07 Å². The standard InChI is InChI=1S/C17H19NO4/c19-10-3-2-9-8-12-17(21)6-4-11(20)15-16(17,5-1-7-18-12)13(9)14(10)22-15/h2-3,12,15,18-19,21H,1,4-8H2/t12-,15?,16+,17-/m1/s1. The van der Waals surface area contributed by atoms with Gasteiger partial charge in [-0.25, -0.2) is 0 Å². The normalized spacial score (nSPS) is 41.6. The topological polar surface area (TPSA) is 78.8 Å². The second-order valence-electron chi connectivity index (χ2n) is 7.12. The molecule has 1 unspecified atom stereocenters. The molecule has 4 atom stereocenters. The highest BCUT2D eigenvalue weighted by Gasteiger charge is 2.71. The molecule has 5 nitrogen and oxygen atoms in total. The van der Waals surface area contributed by atoms with Crippen molar-refractivity contribution in [2.75, 3.05) is 6.54 Å². The summed E-state index contributed by atoms with van der Waals surface area (Å²) in [6.45, 7) is 0.838. The van der Waals surface area contributed by atoms with E-state index >= 15 is 0 Å². The lowest BCUT2D eigenvalue weighted by atomic mass is 9.51. The van der Waals surface area contributed by atoms with Gasteiger partial charge in [0.15, 0.2) is 23.4 Å². The van der Waals surface area contributed by atoms with Crippen LogP contribution in [-0.2, 0) is 16.6 Å². The van der Waals surface area contributed by atoms with Gasteiger partial charge in [0.05, 0.1) is 11.0 Å². The highest BCUT2D eigenvalue weighted by atomic mass is 16.5. The van der Waals surface area contributed by atoms with E-state index in [0.717, 1.165) is 24.1 Å². The van der Waals surface area contributed by atoms with Crippen molar-refractivity contribution < 1.29 is 19.7 Å². The molecule has 0 radical (unpaired) electrons. The number of ether oxygens (including phenoxy) is 1. The summed E-state index contributed by atoms with van der Waals surface area (Å²) in [6, 6.07) is 3.50. The van der Waals surface area contributed by atoms with Crippen LogP contribution in [0.25, 0.3) is 0 Å². The van der Waals surface area contributed by atoms with Crippen molar-refractivity contribution in [1.82, 2.24) is 5.32 Å². The molecule has 5 rings (SSSR count). The summed E-state index contributed by atoms with van der Waals surface area (Å²) in [6.07, 6.45) is 2.47. The van der Waals surface area contributed by atoms with E-state index < -0.39 is 17.1 Å². The molecule has 2 bridgehead atoms. The lowest BCUT2D eigenvalue weighted by Crippen LogP contribution is -2.71. The third-order valence-electron chi connectivity index (χ3n) is 6.31. The number of phenols is 1. The van der Waals surface area contributed by atoms with E-state index in [-0.39, 0.29) is 17.6 Å². The van der Waals surface area contributed by atoms with E-state index in [9.17, 15) is 15.0 Å². The molecule has 2 heterocycles. The molecule has 1 aromatic rings. The molecule has 0 amide bonds. The minimum Gasteiger partial charge on any atom is -0.504 e. The monoisotopic (exact) mass is 301 g/mol. The quantitative estimate of drug-likeness (QED) is 0.660. The average Bonchev–Trinajstić information content (AvgIpc) is 2.83. The fourth-order valence-electron chi connectivity index (χ4n) is 5.42. The Morgan fingerprint density at radius 2 is 2.18 bits per heavy atom. The molecule has 2 aliphatic heterocycles. The maximum absolute atomic E-state index is 12.5. The molecule has 1 saturated carbocycles. The number of carbonyl (C=O) groups excluding carboxylic acids is 1. The van der Waals surface area contributed by atoms with Crippen LogP contribution in [0.4, 0.5) is 0 Å². The van der Waals surface area contributed by atoms with Crippen LogP contribution in [0.5, 0.6) is 11.5 Å². The molecule has 2 fully saturated rings. The van der Waals surface area contributed by atoms with Crippen LogP contribution in [0.15, 0.2) is 12.1 Å². The van der Waals surface area contributed by atoms with Crippen molar-refractivity contribution in [2.45, 2.75) is 55.3 Å². The second-order valence-corrected chi connectivity index (χ2v) is 7.12. The van der Waals surface area contributed by atoms with Crippen molar-refractivity contribution in [3.63, 3.8) is 0 Å². The van der Waals surface area contributed by atoms with Gasteiger partial charge in [0.2, 0.25) is 0 Å². The van der Waals surface area contributed by atoms with Crippen LogP contribution in [0, 0.1) is 0 Å². The maximum Gasteiger partial charge on any atom is 0.174 e. The lowest BCUT2D eigenvalue weighted by molar-refractivity contribution is -0.157. The molecule has 0 aromatic heterocycles.